The number of nitrogen functional groups attached to an aromatic ring is 1. The van der Waals surface area contributed by atoms with E-state index in [0.29, 0.717) is 36.4 Å². The van der Waals surface area contributed by atoms with E-state index in [0.717, 1.165) is 0 Å². The lowest BCUT2D eigenvalue weighted by atomic mass is 9.98. The van der Waals surface area contributed by atoms with Crippen molar-refractivity contribution in [1.29, 1.82) is 0 Å². The average molecular weight is 455 g/mol. The fraction of sp³-hybridized carbons (Fsp3) is 0.214. The van der Waals surface area contributed by atoms with Crippen LogP contribution in [0.4, 0.5) is 10.5 Å². The van der Waals surface area contributed by atoms with Crippen molar-refractivity contribution in [3.05, 3.63) is 89.0 Å². The number of nitrogens with two attached hydrogens (primary N) is 1. The maximum absolute atomic E-state index is 12.2. The third-order valence-electron chi connectivity index (χ3n) is 5.65. The molecule has 0 aliphatic heterocycles. The fourth-order valence-electron chi connectivity index (χ4n) is 4.04. The predicted molar refractivity (Wildman–Crippen MR) is 131 cm³/mol. The number of carbonyl (C=O) groups is 2. The van der Waals surface area contributed by atoms with E-state index in [-0.39, 0.29) is 12.5 Å². The quantitative estimate of drug-likeness (QED) is 0.243. The summed E-state index contributed by atoms with van der Waals surface area (Å²) in [5.74, 6) is 5.52. The monoisotopic (exact) mass is 454 g/mol. The van der Waals surface area contributed by atoms with Crippen molar-refractivity contribution in [3.8, 4) is 23.0 Å². The van der Waals surface area contributed by atoms with Gasteiger partial charge in [-0.05, 0) is 47.4 Å². The summed E-state index contributed by atoms with van der Waals surface area (Å²) < 4.78 is 10.5. The number of rotatable bonds is 6. The second-order valence-corrected chi connectivity index (χ2v) is 7.83. The van der Waals surface area contributed by atoms with Gasteiger partial charge in [-0.25, -0.2) is 9.59 Å². The molecule has 6 nitrogen and oxygen atoms in total. The first kappa shape index (κ1) is 22.9. The van der Waals surface area contributed by atoms with Gasteiger partial charge in [0.05, 0.1) is 12.2 Å². The van der Waals surface area contributed by atoms with Gasteiger partial charge in [-0.15, -0.1) is 0 Å². The first-order chi connectivity index (χ1) is 16.6. The van der Waals surface area contributed by atoms with Crippen LogP contribution in [0.1, 0.15) is 46.3 Å². The van der Waals surface area contributed by atoms with Crippen molar-refractivity contribution in [3.63, 3.8) is 0 Å². The lowest BCUT2D eigenvalue weighted by molar-refractivity contribution is 0.0526. The topological polar surface area (TPSA) is 90.6 Å². The van der Waals surface area contributed by atoms with Crippen molar-refractivity contribution in [2.24, 2.45) is 0 Å². The summed E-state index contributed by atoms with van der Waals surface area (Å²) in [7, 11) is 0. The number of ether oxygens (including phenoxy) is 2. The minimum atomic E-state index is -0.479. The van der Waals surface area contributed by atoms with Gasteiger partial charge in [0.15, 0.2) is 0 Å². The van der Waals surface area contributed by atoms with E-state index in [1.807, 2.05) is 24.3 Å². The van der Waals surface area contributed by atoms with Gasteiger partial charge in [0.1, 0.15) is 6.61 Å². The smallest absolute Gasteiger partial charge is 0.407 e. The molecule has 0 heterocycles. The molecule has 0 unspecified atom stereocenters. The molecule has 3 aromatic carbocycles. The Morgan fingerprint density at radius 1 is 0.971 bits per heavy atom. The van der Waals surface area contributed by atoms with Crippen LogP contribution in [0.15, 0.2) is 66.7 Å². The second-order valence-electron chi connectivity index (χ2n) is 7.83. The summed E-state index contributed by atoms with van der Waals surface area (Å²) in [6.07, 6.45) is -0.0692. The highest BCUT2D eigenvalue weighted by atomic mass is 16.5. The summed E-state index contributed by atoms with van der Waals surface area (Å²) in [4.78, 5) is 24.1. The first-order valence-corrected chi connectivity index (χ1v) is 11.2. The molecule has 6 heteroatoms. The Morgan fingerprint density at radius 2 is 1.65 bits per heavy atom. The Kier molecular flexibility index (Phi) is 7.14. The van der Waals surface area contributed by atoms with E-state index in [1.54, 1.807) is 25.1 Å². The molecule has 3 aromatic rings. The van der Waals surface area contributed by atoms with Crippen molar-refractivity contribution >= 4 is 17.7 Å². The Labute approximate surface area is 199 Å². The number of hydrogen-bond acceptors (Lipinski definition) is 5. The third kappa shape index (κ3) is 5.05. The number of amides is 1. The molecule has 0 bridgehead atoms. The maximum atomic E-state index is 12.2. The minimum Gasteiger partial charge on any atom is -0.462 e. The summed E-state index contributed by atoms with van der Waals surface area (Å²) >= 11 is 0. The van der Waals surface area contributed by atoms with Gasteiger partial charge in [0.2, 0.25) is 0 Å². The van der Waals surface area contributed by atoms with Crippen LogP contribution in [0.3, 0.4) is 0 Å². The van der Waals surface area contributed by atoms with Gasteiger partial charge >= 0.3 is 12.1 Å². The van der Waals surface area contributed by atoms with Crippen LogP contribution in [0.2, 0.25) is 0 Å². The number of carbonyl (C=O) groups excluding carboxylic acids is 2. The number of nitrogens with one attached hydrogen (secondary N) is 1. The standard InChI is InChI=1S/C28H26N2O4/c1-2-33-27(31)20-14-15-26(29)19(17-20)9-7-8-16-30-28(32)34-18-25-23-12-5-3-10-21(23)22-11-4-6-13-24(22)25/h3-6,10-15,17,25H,2,8,16,18,29H2,1H3,(H,30,32). The lowest BCUT2D eigenvalue weighted by Crippen LogP contribution is -2.26. The molecule has 0 atom stereocenters. The molecule has 4 rings (SSSR count). The summed E-state index contributed by atoms with van der Waals surface area (Å²) in [6.45, 7) is 2.65. The normalized spacial score (nSPS) is 11.6. The van der Waals surface area contributed by atoms with Gasteiger partial charge in [0.25, 0.3) is 0 Å². The van der Waals surface area contributed by atoms with Gasteiger partial charge in [0, 0.05) is 30.1 Å². The van der Waals surface area contributed by atoms with Crippen molar-refractivity contribution < 1.29 is 19.1 Å². The number of anilines is 1. The van der Waals surface area contributed by atoms with E-state index >= 15 is 0 Å². The van der Waals surface area contributed by atoms with E-state index in [4.69, 9.17) is 15.2 Å². The molecule has 3 N–H and O–H groups in total. The van der Waals surface area contributed by atoms with Gasteiger partial charge in [-0.2, -0.15) is 0 Å². The minimum absolute atomic E-state index is 0.0209. The van der Waals surface area contributed by atoms with E-state index in [2.05, 4.69) is 41.4 Å². The Balaban J connectivity index is 1.29. The highest BCUT2D eigenvalue weighted by molar-refractivity contribution is 5.90. The summed E-state index contributed by atoms with van der Waals surface area (Å²) in [6, 6.07) is 21.3. The van der Waals surface area contributed by atoms with Gasteiger partial charge in [-0.3, -0.25) is 0 Å². The molecular weight excluding hydrogens is 428 g/mol. The zero-order valence-electron chi connectivity index (χ0n) is 19.0. The highest BCUT2D eigenvalue weighted by Crippen LogP contribution is 2.44. The summed E-state index contributed by atoms with van der Waals surface area (Å²) in [5, 5.41) is 2.73. The summed E-state index contributed by atoms with van der Waals surface area (Å²) in [5.41, 5.74) is 12.1. The first-order valence-electron chi connectivity index (χ1n) is 11.2. The fourth-order valence-corrected chi connectivity index (χ4v) is 4.04. The van der Waals surface area contributed by atoms with E-state index in [1.165, 1.54) is 22.3 Å². The number of fused-ring (bicyclic) bond motifs is 3. The van der Waals surface area contributed by atoms with Crippen LogP contribution < -0.4 is 11.1 Å². The molecule has 0 fully saturated rings. The molecule has 1 aliphatic rings. The Hall–Kier alpha value is -4.24. The second kappa shape index (κ2) is 10.6. The number of benzene rings is 3. The molecule has 1 amide bonds. The largest absolute Gasteiger partial charge is 0.462 e. The number of esters is 1. The van der Waals surface area contributed by atoms with Crippen LogP contribution >= 0.6 is 0 Å². The highest BCUT2D eigenvalue weighted by Gasteiger charge is 2.28. The van der Waals surface area contributed by atoms with Crippen molar-refractivity contribution in [1.82, 2.24) is 5.32 Å². The van der Waals surface area contributed by atoms with Crippen LogP contribution in [0.25, 0.3) is 11.1 Å². The van der Waals surface area contributed by atoms with Crippen LogP contribution in [-0.2, 0) is 9.47 Å². The van der Waals surface area contributed by atoms with Crippen molar-refractivity contribution in [2.75, 3.05) is 25.5 Å². The molecular formula is C28H26N2O4. The molecule has 1 aliphatic carbocycles. The average Bonchev–Trinajstić information content (AvgIpc) is 3.17. The SMILES string of the molecule is CCOC(=O)c1ccc(N)c(C#CCCNC(=O)OCC2c3ccccc3-c3ccccc32)c1. The molecule has 0 radical (unpaired) electrons. The van der Waals surface area contributed by atoms with Gasteiger partial charge < -0.3 is 20.5 Å². The van der Waals surface area contributed by atoms with E-state index < -0.39 is 12.1 Å². The lowest BCUT2D eigenvalue weighted by Gasteiger charge is -2.14. The molecule has 0 spiro atoms. The number of alkyl carbamates (subject to hydrolysis) is 1. The van der Waals surface area contributed by atoms with Gasteiger partial charge in [-0.1, -0.05) is 60.4 Å². The Bertz CT molecular complexity index is 1230. The molecule has 0 aromatic heterocycles. The molecule has 34 heavy (non-hydrogen) atoms. The molecule has 0 saturated heterocycles. The van der Waals surface area contributed by atoms with Crippen LogP contribution in [0, 0.1) is 11.8 Å². The Morgan fingerprint density at radius 3 is 2.32 bits per heavy atom. The van der Waals surface area contributed by atoms with E-state index in [9.17, 15) is 9.59 Å². The zero-order valence-corrected chi connectivity index (χ0v) is 19.0. The van der Waals surface area contributed by atoms with Crippen molar-refractivity contribution in [2.45, 2.75) is 19.3 Å². The molecule has 172 valence electrons. The molecule has 0 saturated carbocycles. The predicted octanol–water partition coefficient (Wildman–Crippen LogP) is 4.73. The zero-order chi connectivity index (χ0) is 23.9. The van der Waals surface area contributed by atoms with Crippen LogP contribution in [-0.4, -0.2) is 31.8 Å². The maximum Gasteiger partial charge on any atom is 0.407 e. The van der Waals surface area contributed by atoms with Crippen LogP contribution in [0.5, 0.6) is 0 Å². The third-order valence-corrected chi connectivity index (χ3v) is 5.65. The number of hydrogen-bond donors (Lipinski definition) is 2.